The predicted octanol–water partition coefficient (Wildman–Crippen LogP) is 5.24. The maximum atomic E-state index is 10.7. The summed E-state index contributed by atoms with van der Waals surface area (Å²) in [6, 6.07) is 9.34. The molecule has 1 aromatic rings. The Morgan fingerprint density at radius 2 is 1.61 bits per heavy atom. The van der Waals surface area contributed by atoms with Crippen LogP contribution < -0.4 is 10.0 Å². The van der Waals surface area contributed by atoms with Crippen LogP contribution in [0.4, 0.5) is 0 Å². The third kappa shape index (κ3) is 5.61. The average molecular weight is 403 g/mol. The van der Waals surface area contributed by atoms with Crippen LogP contribution in [-0.2, 0) is 11.2 Å². The zero-order valence-electron chi connectivity index (χ0n) is 18.0. The van der Waals surface area contributed by atoms with Crippen LogP contribution in [0, 0.1) is 23.7 Å². The number of carbonyl (C=O) groups is 1. The lowest BCUT2D eigenvalue weighted by atomic mass is 9.54. The summed E-state index contributed by atoms with van der Waals surface area (Å²) in [5.41, 5.74) is 0.883. The van der Waals surface area contributed by atoms with Gasteiger partial charge in [0.15, 0.2) is 0 Å². The molecule has 0 unspecified atom stereocenters. The van der Waals surface area contributed by atoms with Gasteiger partial charge in [-0.05, 0) is 113 Å². The van der Waals surface area contributed by atoms with E-state index in [1.54, 1.807) is 32.1 Å². The molecular formula is C24H38N2OS. The van der Waals surface area contributed by atoms with Crippen molar-refractivity contribution in [2.45, 2.75) is 82.2 Å². The maximum Gasteiger partial charge on any atom is 0.140 e. The van der Waals surface area contributed by atoms with Crippen molar-refractivity contribution in [2.75, 3.05) is 7.05 Å². The second-order valence-corrected chi connectivity index (χ2v) is 10.6. The number of aryl methyl sites for hydroxylation is 1. The normalized spacial score (nSPS) is 30.6. The molecule has 0 radical (unpaired) electrons. The van der Waals surface area contributed by atoms with E-state index in [0.29, 0.717) is 0 Å². The molecule has 4 heteroatoms. The molecule has 0 spiro atoms. The largest absolute Gasteiger partial charge is 0.316 e. The lowest BCUT2D eigenvalue weighted by Crippen LogP contribution is -2.53. The predicted molar refractivity (Wildman–Crippen MR) is 119 cm³/mol. The molecule has 0 heterocycles. The molecule has 3 nitrogen and oxygen atoms in total. The van der Waals surface area contributed by atoms with Gasteiger partial charge in [0.1, 0.15) is 6.29 Å². The van der Waals surface area contributed by atoms with E-state index in [2.05, 4.69) is 48.3 Å². The summed E-state index contributed by atoms with van der Waals surface area (Å²) in [6.07, 6.45) is 10.9. The van der Waals surface area contributed by atoms with E-state index in [1.807, 2.05) is 13.8 Å². The monoisotopic (exact) mass is 402 g/mol. The van der Waals surface area contributed by atoms with Gasteiger partial charge in [-0.15, -0.1) is 0 Å². The van der Waals surface area contributed by atoms with Crippen molar-refractivity contribution in [3.8, 4) is 0 Å². The number of nitrogens with one attached hydrogen (secondary N) is 2. The highest BCUT2D eigenvalue weighted by Crippen LogP contribution is 2.53. The van der Waals surface area contributed by atoms with Gasteiger partial charge in [-0.1, -0.05) is 25.5 Å². The summed E-state index contributed by atoms with van der Waals surface area (Å²) < 4.78 is 3.13. The van der Waals surface area contributed by atoms with E-state index in [-0.39, 0.29) is 0 Å². The van der Waals surface area contributed by atoms with Gasteiger partial charge in [-0.3, -0.25) is 0 Å². The van der Waals surface area contributed by atoms with Gasteiger partial charge in [0, 0.05) is 10.9 Å². The van der Waals surface area contributed by atoms with Crippen molar-refractivity contribution >= 4 is 18.2 Å². The third-order valence-corrected chi connectivity index (χ3v) is 7.88. The minimum absolute atomic E-state index is 0.479. The van der Waals surface area contributed by atoms with E-state index in [4.69, 9.17) is 0 Å². The zero-order chi connectivity index (χ0) is 20.1. The fourth-order valence-electron chi connectivity index (χ4n) is 5.62. The molecule has 2 N–H and O–H groups in total. The fourth-order valence-corrected chi connectivity index (χ4v) is 6.33. The Balaban J connectivity index is 0.000000166. The molecule has 156 valence electrons. The number of aldehydes is 1. The Morgan fingerprint density at radius 1 is 1.04 bits per heavy atom. The van der Waals surface area contributed by atoms with Crippen molar-refractivity contribution in [2.24, 2.45) is 23.7 Å². The molecule has 0 aromatic heterocycles. The molecule has 4 bridgehead atoms. The third-order valence-electron chi connectivity index (χ3n) is 6.75. The summed E-state index contributed by atoms with van der Waals surface area (Å²) in [4.78, 5) is 11.8. The summed E-state index contributed by atoms with van der Waals surface area (Å²) in [6.45, 7) is 5.90. The first-order valence-corrected chi connectivity index (χ1v) is 11.9. The van der Waals surface area contributed by atoms with E-state index in [0.717, 1.165) is 47.3 Å². The lowest BCUT2D eigenvalue weighted by molar-refractivity contribution is -0.111. The van der Waals surface area contributed by atoms with Gasteiger partial charge >= 0.3 is 0 Å². The van der Waals surface area contributed by atoms with Crippen LogP contribution >= 0.6 is 11.9 Å². The molecule has 5 rings (SSSR count). The van der Waals surface area contributed by atoms with Crippen molar-refractivity contribution in [1.29, 1.82) is 0 Å². The highest BCUT2D eigenvalue weighted by molar-refractivity contribution is 7.97. The van der Waals surface area contributed by atoms with Crippen LogP contribution in [0.25, 0.3) is 0 Å². The Hall–Kier alpha value is -0.840. The molecule has 0 amide bonds. The minimum Gasteiger partial charge on any atom is -0.316 e. The number of hydrogen-bond donors (Lipinski definition) is 2. The van der Waals surface area contributed by atoms with E-state index in [1.165, 1.54) is 23.9 Å². The van der Waals surface area contributed by atoms with Crippen molar-refractivity contribution in [1.82, 2.24) is 10.0 Å². The molecule has 1 aromatic carbocycles. The molecule has 4 aliphatic rings. The molecule has 0 atom stereocenters. The van der Waals surface area contributed by atoms with Gasteiger partial charge in [0.2, 0.25) is 0 Å². The van der Waals surface area contributed by atoms with Gasteiger partial charge in [0.05, 0.1) is 5.54 Å². The summed E-state index contributed by atoms with van der Waals surface area (Å²) in [5.74, 6) is 4.34. The van der Waals surface area contributed by atoms with Gasteiger partial charge in [0.25, 0.3) is 0 Å². The molecule has 4 saturated carbocycles. The summed E-state index contributed by atoms with van der Waals surface area (Å²) in [7, 11) is 2.16. The molecule has 4 fully saturated rings. The van der Waals surface area contributed by atoms with Gasteiger partial charge < -0.3 is 10.1 Å². The number of benzene rings is 1. The molecule has 0 aliphatic heterocycles. The van der Waals surface area contributed by atoms with Crippen molar-refractivity contribution in [3.05, 3.63) is 29.8 Å². The number of carbonyl (C=O) groups excluding carboxylic acids is 1. The minimum atomic E-state index is -0.479. The second-order valence-electron chi connectivity index (χ2n) is 9.68. The summed E-state index contributed by atoms with van der Waals surface area (Å²) in [5, 5.41) is 3.55. The van der Waals surface area contributed by atoms with Crippen LogP contribution in [-0.4, -0.2) is 24.9 Å². The molecular weight excluding hydrogens is 364 g/mol. The van der Waals surface area contributed by atoms with E-state index in [9.17, 15) is 4.79 Å². The standard InChI is InChI=1S/C13H19NOS.C11H19N/c1-4-5-11-6-8-12(9-7-11)16-14-13(2,3)10-15;1-12-11-9-3-7-2-8(5-9)6-10(11)4-7/h6-10,14H,4-5H2,1-3H3;7-12H,2-6H2,1H3. The Kier molecular flexibility index (Phi) is 7.63. The highest BCUT2D eigenvalue weighted by atomic mass is 32.2. The van der Waals surface area contributed by atoms with Crippen LogP contribution in [0.1, 0.15) is 64.9 Å². The Labute approximate surface area is 176 Å². The highest BCUT2D eigenvalue weighted by Gasteiger charge is 2.47. The maximum absolute atomic E-state index is 10.7. The average Bonchev–Trinajstić information content (AvgIpc) is 2.68. The quantitative estimate of drug-likeness (QED) is 0.483. The van der Waals surface area contributed by atoms with Crippen LogP contribution in [0.3, 0.4) is 0 Å². The van der Waals surface area contributed by atoms with Gasteiger partial charge in [-0.2, -0.15) is 0 Å². The first-order valence-electron chi connectivity index (χ1n) is 11.1. The van der Waals surface area contributed by atoms with Crippen LogP contribution in [0.2, 0.25) is 0 Å². The topological polar surface area (TPSA) is 41.1 Å². The van der Waals surface area contributed by atoms with Gasteiger partial charge in [-0.25, -0.2) is 4.72 Å². The first-order chi connectivity index (χ1) is 13.4. The van der Waals surface area contributed by atoms with E-state index >= 15 is 0 Å². The Morgan fingerprint density at radius 3 is 2.07 bits per heavy atom. The fraction of sp³-hybridized carbons (Fsp3) is 0.708. The van der Waals surface area contributed by atoms with Crippen molar-refractivity contribution < 1.29 is 4.79 Å². The molecule has 0 saturated heterocycles. The Bertz CT molecular complexity index is 600. The molecule has 4 aliphatic carbocycles. The second kappa shape index (κ2) is 9.77. The smallest absolute Gasteiger partial charge is 0.140 e. The number of rotatable bonds is 7. The SMILES string of the molecule is CCCc1ccc(SNC(C)(C)C=O)cc1.CNC1C2CC3CC(C2)CC1C3. The lowest BCUT2D eigenvalue weighted by Gasteiger charge is -2.54. The summed E-state index contributed by atoms with van der Waals surface area (Å²) >= 11 is 1.50. The first kappa shape index (κ1) is 21.9. The number of hydrogen-bond acceptors (Lipinski definition) is 4. The van der Waals surface area contributed by atoms with Crippen LogP contribution in [0.5, 0.6) is 0 Å². The van der Waals surface area contributed by atoms with E-state index < -0.39 is 5.54 Å². The van der Waals surface area contributed by atoms with Crippen molar-refractivity contribution in [3.63, 3.8) is 0 Å². The van der Waals surface area contributed by atoms with Crippen LogP contribution in [0.15, 0.2) is 29.2 Å². The molecule has 28 heavy (non-hydrogen) atoms. The zero-order valence-corrected chi connectivity index (χ0v) is 18.9.